The number of pyridine rings is 2. The molecular weight excluding hydrogens is 566 g/mol. The first-order valence-corrected chi connectivity index (χ1v) is 15.1. The predicted molar refractivity (Wildman–Crippen MR) is 177 cm³/mol. The molecular formula is C35H33N7O3. The molecule has 0 saturated carbocycles. The topological polar surface area (TPSA) is 119 Å². The average Bonchev–Trinajstić information content (AvgIpc) is 3.44. The van der Waals surface area contributed by atoms with Crippen LogP contribution in [-0.2, 0) is 6.54 Å². The Morgan fingerprint density at radius 3 is 2.31 bits per heavy atom. The molecule has 10 heteroatoms. The Bertz CT molecular complexity index is 2050. The molecule has 0 spiro atoms. The van der Waals surface area contributed by atoms with E-state index in [0.29, 0.717) is 30.4 Å². The second-order valence-electron chi connectivity index (χ2n) is 11.5. The van der Waals surface area contributed by atoms with E-state index in [2.05, 4.69) is 34.1 Å². The Morgan fingerprint density at radius 1 is 0.844 bits per heavy atom. The van der Waals surface area contributed by atoms with Crippen LogP contribution < -0.4 is 26.2 Å². The Morgan fingerprint density at radius 2 is 1.60 bits per heavy atom. The third-order valence-electron chi connectivity index (χ3n) is 8.14. The summed E-state index contributed by atoms with van der Waals surface area (Å²) in [6.07, 6.45) is 1.52. The highest BCUT2D eigenvalue weighted by atomic mass is 16.5. The van der Waals surface area contributed by atoms with Gasteiger partial charge in [0.15, 0.2) is 17.2 Å². The summed E-state index contributed by atoms with van der Waals surface area (Å²) in [6, 6.07) is 26.2. The van der Waals surface area contributed by atoms with Crippen molar-refractivity contribution >= 4 is 22.7 Å². The fraction of sp³-hybridized carbons (Fsp3) is 0.229. The predicted octanol–water partition coefficient (Wildman–Crippen LogP) is 4.44. The lowest BCUT2D eigenvalue weighted by Gasteiger charge is -2.37. The van der Waals surface area contributed by atoms with Gasteiger partial charge in [-0.25, -0.2) is 15.0 Å². The van der Waals surface area contributed by atoms with Crippen LogP contribution in [0.3, 0.4) is 0 Å². The first-order valence-electron chi connectivity index (χ1n) is 15.1. The molecule has 0 amide bonds. The Labute approximate surface area is 260 Å². The molecule has 0 atom stereocenters. The maximum absolute atomic E-state index is 12.3. The average molecular weight is 600 g/mol. The number of nitrogen functional groups attached to an aromatic ring is 1. The van der Waals surface area contributed by atoms with Crippen molar-refractivity contribution in [3.63, 3.8) is 0 Å². The molecule has 6 aromatic rings. The molecule has 0 aliphatic carbocycles. The Hall–Kier alpha value is -5.35. The van der Waals surface area contributed by atoms with Crippen LogP contribution in [0.25, 0.3) is 39.5 Å². The summed E-state index contributed by atoms with van der Waals surface area (Å²) in [4.78, 5) is 43.0. The molecule has 0 radical (unpaired) electrons. The molecule has 1 aliphatic rings. The number of aromatic nitrogens is 4. The highest BCUT2D eigenvalue weighted by Crippen LogP contribution is 2.32. The molecule has 7 rings (SSSR count). The maximum Gasteiger partial charge on any atom is 0.272 e. The highest BCUT2D eigenvalue weighted by molar-refractivity contribution is 5.84. The molecule has 45 heavy (non-hydrogen) atoms. The van der Waals surface area contributed by atoms with Crippen molar-refractivity contribution in [3.05, 3.63) is 111 Å². The van der Waals surface area contributed by atoms with E-state index in [1.54, 1.807) is 6.20 Å². The zero-order valence-corrected chi connectivity index (χ0v) is 25.2. The molecule has 1 saturated heterocycles. The van der Waals surface area contributed by atoms with E-state index in [1.807, 2.05) is 77.9 Å². The van der Waals surface area contributed by atoms with Crippen LogP contribution in [0.15, 0.2) is 94.6 Å². The van der Waals surface area contributed by atoms with E-state index in [9.17, 15) is 9.59 Å². The van der Waals surface area contributed by atoms with E-state index in [4.69, 9.17) is 20.4 Å². The molecule has 226 valence electrons. The van der Waals surface area contributed by atoms with Gasteiger partial charge in [-0.05, 0) is 55.8 Å². The van der Waals surface area contributed by atoms with Crippen LogP contribution in [0.2, 0.25) is 0 Å². The number of fused-ring (bicyclic) bond motifs is 1. The van der Waals surface area contributed by atoms with E-state index in [1.165, 1.54) is 0 Å². The van der Waals surface area contributed by atoms with Gasteiger partial charge in [-0.15, -0.1) is 0 Å². The van der Waals surface area contributed by atoms with Crippen LogP contribution >= 0.6 is 0 Å². The first-order chi connectivity index (χ1) is 21.9. The Balaban J connectivity index is 1.15. The van der Waals surface area contributed by atoms with E-state index < -0.39 is 10.9 Å². The lowest BCUT2D eigenvalue weighted by molar-refractivity contribution is 0.230. The molecule has 3 aromatic heterocycles. The zero-order chi connectivity index (χ0) is 31.1. The number of benzene rings is 2. The number of anilines is 2. The maximum atomic E-state index is 12.3. The fourth-order valence-electron chi connectivity index (χ4n) is 5.89. The molecule has 1 fully saturated rings. The first kappa shape index (κ1) is 28.4. The summed E-state index contributed by atoms with van der Waals surface area (Å²) in [6.45, 7) is 7.32. The third-order valence-corrected chi connectivity index (χ3v) is 8.14. The number of imidazole rings is 1. The normalized spacial score (nSPS) is 14.1. The molecule has 2 N–H and O–H groups in total. The van der Waals surface area contributed by atoms with E-state index >= 15 is 0 Å². The van der Waals surface area contributed by atoms with E-state index in [0.717, 1.165) is 58.9 Å². The van der Waals surface area contributed by atoms with Crippen molar-refractivity contribution in [1.82, 2.24) is 24.4 Å². The number of nitrogens with two attached hydrogens (primary N) is 1. The van der Waals surface area contributed by atoms with Crippen molar-refractivity contribution in [2.45, 2.75) is 26.5 Å². The van der Waals surface area contributed by atoms with Crippen LogP contribution in [0.4, 0.5) is 11.5 Å². The van der Waals surface area contributed by atoms with Crippen LogP contribution in [0.5, 0.6) is 5.75 Å². The van der Waals surface area contributed by atoms with Crippen LogP contribution in [-0.4, -0.2) is 56.7 Å². The van der Waals surface area contributed by atoms with Gasteiger partial charge in [-0.3, -0.25) is 19.1 Å². The number of hydrogen-bond acceptors (Lipinski definition) is 9. The molecule has 3 aromatic carbocycles. The van der Waals surface area contributed by atoms with Gasteiger partial charge in [0, 0.05) is 50.2 Å². The minimum absolute atomic E-state index is 0.156. The minimum atomic E-state index is -0.521. The monoisotopic (exact) mass is 599 g/mol. The number of piperazine rings is 1. The van der Waals surface area contributed by atoms with Gasteiger partial charge in [0.2, 0.25) is 0 Å². The lowest BCUT2D eigenvalue weighted by atomic mass is 10.1. The smallest absolute Gasteiger partial charge is 0.272 e. The van der Waals surface area contributed by atoms with Crippen LogP contribution in [0.1, 0.15) is 19.4 Å². The zero-order valence-electron chi connectivity index (χ0n) is 25.2. The second kappa shape index (κ2) is 11.6. The number of ether oxygens (including phenoxy) is 1. The van der Waals surface area contributed by atoms with Crippen LogP contribution in [0, 0.1) is 0 Å². The van der Waals surface area contributed by atoms with Gasteiger partial charge < -0.3 is 15.4 Å². The number of nitrogens with zero attached hydrogens (tertiary/aromatic N) is 6. The summed E-state index contributed by atoms with van der Waals surface area (Å²) >= 11 is 0. The summed E-state index contributed by atoms with van der Waals surface area (Å²) in [5, 5.41) is 0. The number of rotatable bonds is 8. The van der Waals surface area contributed by atoms with Crippen molar-refractivity contribution in [3.8, 4) is 34.1 Å². The van der Waals surface area contributed by atoms with Gasteiger partial charge in [0.1, 0.15) is 17.0 Å². The standard InChI is InChI=1S/C35H33N7O3/c1-22(2)45-32-29(30(43)31(32)44)41-19-17-40(18-20-41)21-23-10-12-25(13-11-23)42-34(26-9-6-16-37-33(26)36)39-28-15-14-27(38-35(28)42)24-7-4-3-5-8-24/h3-16,22H,17-21H2,1-2H3,(H2,36,37). The molecule has 0 bridgehead atoms. The summed E-state index contributed by atoms with van der Waals surface area (Å²) in [5.74, 6) is 1.29. The summed E-state index contributed by atoms with van der Waals surface area (Å²) in [5.41, 5.74) is 12.0. The van der Waals surface area contributed by atoms with Gasteiger partial charge in [0.25, 0.3) is 10.9 Å². The quantitative estimate of drug-likeness (QED) is 0.253. The largest absolute Gasteiger partial charge is 0.485 e. The highest BCUT2D eigenvalue weighted by Gasteiger charge is 2.30. The summed E-state index contributed by atoms with van der Waals surface area (Å²) in [7, 11) is 0. The fourth-order valence-corrected chi connectivity index (χ4v) is 5.89. The van der Waals surface area contributed by atoms with Crippen molar-refractivity contribution in [1.29, 1.82) is 0 Å². The third kappa shape index (κ3) is 5.33. The molecule has 4 heterocycles. The number of hydrogen-bond donors (Lipinski definition) is 1. The van der Waals surface area contributed by atoms with Crippen molar-refractivity contribution in [2.75, 3.05) is 36.8 Å². The minimum Gasteiger partial charge on any atom is -0.485 e. The van der Waals surface area contributed by atoms with Gasteiger partial charge in [0.05, 0.1) is 17.4 Å². The molecule has 0 unspecified atom stereocenters. The SMILES string of the molecule is CC(C)Oc1c(N2CCN(Cc3ccc(-n4c(-c5cccnc5N)nc5ccc(-c6ccccc6)nc54)cc3)CC2)c(=O)c1=O. The van der Waals surface area contributed by atoms with Gasteiger partial charge in [-0.2, -0.15) is 0 Å². The molecule has 1 aliphatic heterocycles. The van der Waals surface area contributed by atoms with Gasteiger partial charge in [-0.1, -0.05) is 42.5 Å². The summed E-state index contributed by atoms with van der Waals surface area (Å²) < 4.78 is 7.67. The van der Waals surface area contributed by atoms with Crippen molar-refractivity contribution in [2.24, 2.45) is 0 Å². The Kier molecular flexibility index (Phi) is 7.34. The van der Waals surface area contributed by atoms with E-state index in [-0.39, 0.29) is 11.9 Å². The lowest BCUT2D eigenvalue weighted by Crippen LogP contribution is -2.51. The molecule has 10 nitrogen and oxygen atoms in total. The van der Waals surface area contributed by atoms with Crippen molar-refractivity contribution < 1.29 is 4.74 Å². The van der Waals surface area contributed by atoms with Gasteiger partial charge >= 0.3 is 0 Å². The second-order valence-corrected chi connectivity index (χ2v) is 11.5.